The number of fused-ring (bicyclic) bond motifs is 1. The number of anilines is 2. The van der Waals surface area contributed by atoms with Crippen molar-refractivity contribution in [2.24, 2.45) is 0 Å². The Morgan fingerprint density at radius 1 is 1.00 bits per heavy atom. The van der Waals surface area contributed by atoms with Crippen molar-refractivity contribution in [3.8, 4) is 11.5 Å². The molecule has 8 heteroatoms. The van der Waals surface area contributed by atoms with Crippen molar-refractivity contribution in [2.75, 3.05) is 43.2 Å². The van der Waals surface area contributed by atoms with Crippen LogP contribution < -0.4 is 19.7 Å². The topological polar surface area (TPSA) is 54.0 Å². The molecule has 2 aliphatic heterocycles. The summed E-state index contributed by atoms with van der Waals surface area (Å²) in [6.45, 7) is 2.78. The van der Waals surface area contributed by atoms with Crippen LogP contribution in [0.25, 0.3) is 0 Å². The number of urea groups is 1. The third kappa shape index (κ3) is 3.34. The van der Waals surface area contributed by atoms with Gasteiger partial charge in [0.05, 0.1) is 15.7 Å². The zero-order chi connectivity index (χ0) is 18.1. The minimum Gasteiger partial charge on any atom is -0.454 e. The van der Waals surface area contributed by atoms with Gasteiger partial charge in [0.15, 0.2) is 11.5 Å². The number of carbonyl (C=O) groups excluding carboxylic acids is 1. The van der Waals surface area contributed by atoms with Gasteiger partial charge in [0.2, 0.25) is 6.79 Å². The molecule has 6 nitrogen and oxygen atoms in total. The van der Waals surface area contributed by atoms with E-state index in [0.29, 0.717) is 53.4 Å². The van der Waals surface area contributed by atoms with E-state index in [4.69, 9.17) is 32.7 Å². The maximum Gasteiger partial charge on any atom is 0.321 e. The van der Waals surface area contributed by atoms with E-state index in [0.717, 1.165) is 5.69 Å². The molecular formula is C18H17Cl2N3O3. The monoisotopic (exact) mass is 393 g/mol. The number of carbonyl (C=O) groups is 1. The molecule has 0 atom stereocenters. The number of nitrogens with zero attached hydrogens (tertiary/aromatic N) is 2. The number of amides is 2. The zero-order valence-corrected chi connectivity index (χ0v) is 15.4. The summed E-state index contributed by atoms with van der Waals surface area (Å²) < 4.78 is 10.6. The van der Waals surface area contributed by atoms with Crippen LogP contribution in [0.4, 0.5) is 16.2 Å². The fraction of sp³-hybridized carbons (Fsp3) is 0.278. The van der Waals surface area contributed by atoms with Gasteiger partial charge in [-0.2, -0.15) is 0 Å². The van der Waals surface area contributed by atoms with Crippen LogP contribution in [-0.4, -0.2) is 43.9 Å². The lowest BCUT2D eigenvalue weighted by Crippen LogP contribution is -2.50. The molecule has 1 fully saturated rings. The van der Waals surface area contributed by atoms with Gasteiger partial charge >= 0.3 is 6.03 Å². The van der Waals surface area contributed by atoms with E-state index in [2.05, 4.69) is 10.2 Å². The van der Waals surface area contributed by atoms with Crippen LogP contribution in [0, 0.1) is 0 Å². The molecule has 1 saturated heterocycles. The average Bonchev–Trinajstić information content (AvgIpc) is 3.12. The molecule has 0 bridgehead atoms. The van der Waals surface area contributed by atoms with Crippen LogP contribution >= 0.6 is 23.2 Å². The first-order chi connectivity index (χ1) is 12.6. The predicted octanol–water partition coefficient (Wildman–Crippen LogP) is 4.08. The third-order valence-corrected chi connectivity index (χ3v) is 5.27. The van der Waals surface area contributed by atoms with Crippen LogP contribution in [0.1, 0.15) is 0 Å². The summed E-state index contributed by atoms with van der Waals surface area (Å²) in [5.41, 5.74) is 1.58. The highest BCUT2D eigenvalue weighted by Gasteiger charge is 2.23. The second kappa shape index (κ2) is 7.13. The zero-order valence-electron chi connectivity index (χ0n) is 13.9. The summed E-state index contributed by atoms with van der Waals surface area (Å²) in [6, 6.07) is 10.8. The number of hydrogen-bond donors (Lipinski definition) is 1. The van der Waals surface area contributed by atoms with Gasteiger partial charge in [0.1, 0.15) is 0 Å². The largest absolute Gasteiger partial charge is 0.454 e. The standard InChI is InChI=1S/C18H17Cl2N3O3/c19-13-2-1-3-14(17(13)20)22-6-8-23(9-7-22)18(24)21-12-4-5-15-16(10-12)26-11-25-15/h1-5,10H,6-9,11H2,(H,21,24). The van der Waals surface area contributed by atoms with Crippen molar-refractivity contribution in [3.05, 3.63) is 46.4 Å². The molecule has 26 heavy (non-hydrogen) atoms. The molecule has 0 radical (unpaired) electrons. The summed E-state index contributed by atoms with van der Waals surface area (Å²) in [7, 11) is 0. The van der Waals surface area contributed by atoms with Gasteiger partial charge in [-0.1, -0.05) is 29.3 Å². The van der Waals surface area contributed by atoms with Crippen LogP contribution in [-0.2, 0) is 0 Å². The first kappa shape index (κ1) is 17.1. The fourth-order valence-corrected chi connectivity index (χ4v) is 3.48. The molecule has 1 N–H and O–H groups in total. The second-order valence-electron chi connectivity index (χ2n) is 6.05. The van der Waals surface area contributed by atoms with Crippen molar-refractivity contribution in [1.82, 2.24) is 4.90 Å². The van der Waals surface area contributed by atoms with E-state index in [1.165, 1.54) is 0 Å². The average molecular weight is 394 g/mol. The number of rotatable bonds is 2. The van der Waals surface area contributed by atoms with Crippen molar-refractivity contribution in [3.63, 3.8) is 0 Å². The van der Waals surface area contributed by atoms with Crippen molar-refractivity contribution in [1.29, 1.82) is 0 Å². The third-order valence-electron chi connectivity index (χ3n) is 4.46. The highest BCUT2D eigenvalue weighted by Crippen LogP contribution is 2.35. The van der Waals surface area contributed by atoms with E-state index in [9.17, 15) is 4.79 Å². The highest BCUT2D eigenvalue weighted by molar-refractivity contribution is 6.43. The summed E-state index contributed by atoms with van der Waals surface area (Å²) in [5.74, 6) is 1.33. The smallest absolute Gasteiger partial charge is 0.321 e. The summed E-state index contributed by atoms with van der Waals surface area (Å²) in [5, 5.41) is 3.99. The molecule has 0 saturated carbocycles. The Labute approximate surface area is 161 Å². The summed E-state index contributed by atoms with van der Waals surface area (Å²) >= 11 is 12.4. The Bertz CT molecular complexity index is 838. The molecule has 2 aliphatic rings. The van der Waals surface area contributed by atoms with Gasteiger partial charge in [-0.05, 0) is 24.3 Å². The quantitative estimate of drug-likeness (QED) is 0.834. The van der Waals surface area contributed by atoms with E-state index >= 15 is 0 Å². The molecule has 136 valence electrons. The SMILES string of the molecule is O=C(Nc1ccc2c(c1)OCO2)N1CCN(c2cccc(Cl)c2Cl)CC1. The van der Waals surface area contributed by atoms with E-state index in [-0.39, 0.29) is 12.8 Å². The molecule has 2 aromatic carbocycles. The minimum absolute atomic E-state index is 0.138. The van der Waals surface area contributed by atoms with Crippen molar-refractivity contribution >= 4 is 40.6 Å². The molecular weight excluding hydrogens is 377 g/mol. The molecule has 2 aromatic rings. The Kier molecular flexibility index (Phi) is 4.70. The van der Waals surface area contributed by atoms with Gasteiger partial charge in [-0.25, -0.2) is 4.79 Å². The Morgan fingerprint density at radius 3 is 2.58 bits per heavy atom. The Balaban J connectivity index is 1.37. The number of halogens is 2. The number of piperazine rings is 1. The normalized spacial score (nSPS) is 15.9. The Hall–Kier alpha value is -2.31. The molecule has 4 rings (SSSR count). The first-order valence-electron chi connectivity index (χ1n) is 8.26. The number of nitrogens with one attached hydrogen (secondary N) is 1. The van der Waals surface area contributed by atoms with Gasteiger partial charge in [0.25, 0.3) is 0 Å². The van der Waals surface area contributed by atoms with Crippen LogP contribution in [0.2, 0.25) is 10.0 Å². The lowest BCUT2D eigenvalue weighted by Gasteiger charge is -2.36. The molecule has 2 heterocycles. The van der Waals surface area contributed by atoms with E-state index in [1.807, 2.05) is 12.1 Å². The van der Waals surface area contributed by atoms with Gasteiger partial charge < -0.3 is 24.6 Å². The Morgan fingerprint density at radius 2 is 1.77 bits per heavy atom. The van der Waals surface area contributed by atoms with E-state index < -0.39 is 0 Å². The first-order valence-corrected chi connectivity index (χ1v) is 9.02. The van der Waals surface area contributed by atoms with Crippen molar-refractivity contribution < 1.29 is 14.3 Å². The molecule has 0 spiro atoms. The number of hydrogen-bond acceptors (Lipinski definition) is 4. The fourth-order valence-electron chi connectivity index (χ4n) is 3.06. The van der Waals surface area contributed by atoms with E-state index in [1.54, 1.807) is 29.2 Å². The van der Waals surface area contributed by atoms with Gasteiger partial charge in [0, 0.05) is 37.9 Å². The maximum absolute atomic E-state index is 12.5. The minimum atomic E-state index is -0.138. The van der Waals surface area contributed by atoms with Crippen LogP contribution in [0.15, 0.2) is 36.4 Å². The van der Waals surface area contributed by atoms with Crippen LogP contribution in [0.3, 0.4) is 0 Å². The number of ether oxygens (including phenoxy) is 2. The maximum atomic E-state index is 12.5. The lowest BCUT2D eigenvalue weighted by molar-refractivity contribution is 0.174. The predicted molar refractivity (Wildman–Crippen MR) is 102 cm³/mol. The molecule has 0 unspecified atom stereocenters. The molecule has 0 aliphatic carbocycles. The molecule has 2 amide bonds. The van der Waals surface area contributed by atoms with Crippen LogP contribution in [0.5, 0.6) is 11.5 Å². The highest BCUT2D eigenvalue weighted by atomic mass is 35.5. The van der Waals surface area contributed by atoms with Gasteiger partial charge in [-0.3, -0.25) is 0 Å². The number of benzene rings is 2. The van der Waals surface area contributed by atoms with Crippen molar-refractivity contribution in [2.45, 2.75) is 0 Å². The summed E-state index contributed by atoms with van der Waals surface area (Å²) in [4.78, 5) is 16.4. The lowest BCUT2D eigenvalue weighted by atomic mass is 10.2. The summed E-state index contributed by atoms with van der Waals surface area (Å²) in [6.07, 6.45) is 0. The van der Waals surface area contributed by atoms with Gasteiger partial charge in [-0.15, -0.1) is 0 Å². The molecule has 0 aromatic heterocycles. The second-order valence-corrected chi connectivity index (χ2v) is 6.83.